The second-order valence-electron chi connectivity index (χ2n) is 1.70. The van der Waals surface area contributed by atoms with Crippen molar-refractivity contribution >= 4 is 0 Å². The van der Waals surface area contributed by atoms with Crippen molar-refractivity contribution in [3.05, 3.63) is 0 Å². The maximum Gasteiger partial charge on any atom is 0.0456 e. The number of hydrogen-bond donors (Lipinski definition) is 1. The van der Waals surface area contributed by atoms with Crippen LogP contribution in [0.1, 0.15) is 34.1 Å². The van der Waals surface area contributed by atoms with Gasteiger partial charge in [-0.25, -0.2) is 0 Å². The Balaban J connectivity index is 0. The van der Waals surface area contributed by atoms with E-state index in [0.717, 1.165) is 6.42 Å². The Labute approximate surface area is 52.7 Å². The van der Waals surface area contributed by atoms with Crippen molar-refractivity contribution in [2.45, 2.75) is 34.1 Å². The van der Waals surface area contributed by atoms with Crippen LogP contribution in [0, 0.1) is 5.92 Å². The first kappa shape index (κ1) is 10.9. The minimum atomic E-state index is 0.330. The van der Waals surface area contributed by atoms with E-state index in [9.17, 15) is 0 Å². The maximum atomic E-state index is 8.33. The molecule has 0 spiro atoms. The highest BCUT2D eigenvalue weighted by Crippen LogP contribution is 1.95. The standard InChI is InChI=1S/C5H12O.C2H6/c1-3-5(2)4-6;1-2/h5-6H,3-4H2,1-2H3;1-2H3. The van der Waals surface area contributed by atoms with Gasteiger partial charge in [-0.15, -0.1) is 0 Å². The summed E-state index contributed by atoms with van der Waals surface area (Å²) >= 11 is 0. The van der Waals surface area contributed by atoms with Crippen LogP contribution in [0.5, 0.6) is 0 Å². The van der Waals surface area contributed by atoms with Crippen LogP contribution in [0.25, 0.3) is 0 Å². The molecule has 1 unspecified atom stereocenters. The Kier molecular flexibility index (Phi) is 13.6. The monoisotopic (exact) mass is 118 g/mol. The van der Waals surface area contributed by atoms with E-state index >= 15 is 0 Å². The predicted molar refractivity (Wildman–Crippen MR) is 37.9 cm³/mol. The van der Waals surface area contributed by atoms with Crippen LogP contribution in [0.4, 0.5) is 0 Å². The third-order valence-corrected chi connectivity index (χ3v) is 1.01. The zero-order valence-electron chi connectivity index (χ0n) is 6.44. The van der Waals surface area contributed by atoms with Gasteiger partial charge < -0.3 is 5.11 Å². The maximum absolute atomic E-state index is 8.33. The molecule has 1 heteroatoms. The molecule has 1 nitrogen and oxygen atoms in total. The Morgan fingerprint density at radius 1 is 1.38 bits per heavy atom. The van der Waals surface area contributed by atoms with Gasteiger partial charge in [0.25, 0.3) is 0 Å². The predicted octanol–water partition coefficient (Wildman–Crippen LogP) is 2.05. The quantitative estimate of drug-likeness (QED) is 0.588. The lowest BCUT2D eigenvalue weighted by Crippen LogP contribution is -1.96. The number of aliphatic hydroxyl groups excluding tert-OH is 1. The van der Waals surface area contributed by atoms with Crippen LogP contribution in [0.3, 0.4) is 0 Å². The van der Waals surface area contributed by atoms with Gasteiger partial charge in [-0.3, -0.25) is 0 Å². The van der Waals surface area contributed by atoms with Crippen molar-refractivity contribution in [2.75, 3.05) is 6.61 Å². The van der Waals surface area contributed by atoms with Crippen molar-refractivity contribution in [3.63, 3.8) is 0 Å². The number of rotatable bonds is 2. The summed E-state index contributed by atoms with van der Waals surface area (Å²) in [5.74, 6) is 0.491. The summed E-state index contributed by atoms with van der Waals surface area (Å²) in [6.07, 6.45) is 1.08. The Hall–Kier alpha value is -0.0400. The fraction of sp³-hybridized carbons (Fsp3) is 1.00. The summed E-state index contributed by atoms with van der Waals surface area (Å²) in [5.41, 5.74) is 0. The van der Waals surface area contributed by atoms with Crippen molar-refractivity contribution in [2.24, 2.45) is 5.92 Å². The molecule has 0 saturated carbocycles. The molecule has 0 saturated heterocycles. The molecular formula is C7H18O. The third-order valence-electron chi connectivity index (χ3n) is 1.01. The summed E-state index contributed by atoms with van der Waals surface area (Å²) in [7, 11) is 0. The summed E-state index contributed by atoms with van der Waals surface area (Å²) in [5, 5.41) is 8.33. The van der Waals surface area contributed by atoms with E-state index in [0.29, 0.717) is 12.5 Å². The van der Waals surface area contributed by atoms with Gasteiger partial charge >= 0.3 is 0 Å². The zero-order valence-corrected chi connectivity index (χ0v) is 6.44. The molecule has 0 heterocycles. The molecule has 0 amide bonds. The molecule has 0 aromatic heterocycles. The summed E-state index contributed by atoms with van der Waals surface area (Å²) in [6.45, 7) is 8.43. The Morgan fingerprint density at radius 3 is 1.75 bits per heavy atom. The van der Waals surface area contributed by atoms with Crippen molar-refractivity contribution in [3.8, 4) is 0 Å². The van der Waals surface area contributed by atoms with Gasteiger partial charge in [0.2, 0.25) is 0 Å². The Morgan fingerprint density at radius 2 is 1.75 bits per heavy atom. The molecule has 0 aliphatic rings. The van der Waals surface area contributed by atoms with Crippen molar-refractivity contribution in [1.29, 1.82) is 0 Å². The van der Waals surface area contributed by atoms with Crippen LogP contribution in [0.15, 0.2) is 0 Å². The van der Waals surface area contributed by atoms with Gasteiger partial charge in [0.05, 0.1) is 0 Å². The third kappa shape index (κ3) is 9.35. The minimum Gasteiger partial charge on any atom is -0.396 e. The highest BCUT2D eigenvalue weighted by molar-refractivity contribution is 4.41. The average Bonchev–Trinajstić information content (AvgIpc) is 1.91. The molecule has 8 heavy (non-hydrogen) atoms. The van der Waals surface area contributed by atoms with Crippen LogP contribution in [0.2, 0.25) is 0 Å². The molecule has 0 aliphatic carbocycles. The van der Waals surface area contributed by atoms with Crippen LogP contribution >= 0.6 is 0 Å². The molecule has 0 rings (SSSR count). The number of hydrogen-bond acceptors (Lipinski definition) is 1. The second-order valence-corrected chi connectivity index (χ2v) is 1.70. The van der Waals surface area contributed by atoms with E-state index in [2.05, 4.69) is 6.92 Å². The van der Waals surface area contributed by atoms with Crippen LogP contribution in [-0.2, 0) is 0 Å². The van der Waals surface area contributed by atoms with Crippen LogP contribution in [-0.4, -0.2) is 11.7 Å². The van der Waals surface area contributed by atoms with Crippen molar-refractivity contribution < 1.29 is 5.11 Å². The van der Waals surface area contributed by atoms with E-state index < -0.39 is 0 Å². The largest absolute Gasteiger partial charge is 0.396 e. The molecule has 0 bridgehead atoms. The van der Waals surface area contributed by atoms with Gasteiger partial charge in [0, 0.05) is 6.61 Å². The first-order chi connectivity index (χ1) is 3.81. The normalized spacial score (nSPS) is 11.6. The van der Waals surface area contributed by atoms with E-state index in [-0.39, 0.29) is 0 Å². The summed E-state index contributed by atoms with van der Waals surface area (Å²) in [4.78, 5) is 0. The topological polar surface area (TPSA) is 20.2 Å². The molecule has 0 radical (unpaired) electrons. The van der Waals surface area contributed by atoms with Gasteiger partial charge in [-0.05, 0) is 5.92 Å². The first-order valence-corrected chi connectivity index (χ1v) is 3.42. The second kappa shape index (κ2) is 10.0. The lowest BCUT2D eigenvalue weighted by Gasteiger charge is -1.98. The zero-order chi connectivity index (χ0) is 6.99. The fourth-order valence-electron chi connectivity index (χ4n) is 0.129. The molecule has 0 fully saturated rings. The van der Waals surface area contributed by atoms with Gasteiger partial charge in [-0.2, -0.15) is 0 Å². The van der Waals surface area contributed by atoms with E-state index in [1.807, 2.05) is 20.8 Å². The molecule has 0 aliphatic heterocycles. The molecule has 1 atom stereocenters. The Bertz CT molecular complexity index is 23.6. The van der Waals surface area contributed by atoms with E-state index in [1.165, 1.54) is 0 Å². The molecular weight excluding hydrogens is 100 g/mol. The highest BCUT2D eigenvalue weighted by atomic mass is 16.3. The number of aliphatic hydroxyl groups is 1. The van der Waals surface area contributed by atoms with Gasteiger partial charge in [-0.1, -0.05) is 34.1 Å². The minimum absolute atomic E-state index is 0.330. The first-order valence-electron chi connectivity index (χ1n) is 3.42. The smallest absolute Gasteiger partial charge is 0.0456 e. The van der Waals surface area contributed by atoms with E-state index in [4.69, 9.17) is 5.11 Å². The molecule has 1 N–H and O–H groups in total. The van der Waals surface area contributed by atoms with Gasteiger partial charge in [0.1, 0.15) is 0 Å². The lowest BCUT2D eigenvalue weighted by molar-refractivity contribution is 0.234. The fourth-order valence-corrected chi connectivity index (χ4v) is 0.129. The highest BCUT2D eigenvalue weighted by Gasteiger charge is 1.90. The summed E-state index contributed by atoms with van der Waals surface area (Å²) in [6, 6.07) is 0. The van der Waals surface area contributed by atoms with E-state index in [1.54, 1.807) is 0 Å². The van der Waals surface area contributed by atoms with Crippen LogP contribution < -0.4 is 0 Å². The summed E-state index contributed by atoms with van der Waals surface area (Å²) < 4.78 is 0. The SMILES string of the molecule is CC.CCC(C)CO. The van der Waals surface area contributed by atoms with Crippen molar-refractivity contribution in [1.82, 2.24) is 0 Å². The molecule has 0 aromatic rings. The molecule has 52 valence electrons. The lowest BCUT2D eigenvalue weighted by atomic mass is 10.1. The average molecular weight is 118 g/mol. The van der Waals surface area contributed by atoms with Gasteiger partial charge in [0.15, 0.2) is 0 Å². The molecule has 0 aromatic carbocycles.